The molecule has 3 aromatic rings. The highest BCUT2D eigenvalue weighted by Crippen LogP contribution is 2.30. The molecule has 2 aromatic carbocycles. The third-order valence-corrected chi connectivity index (χ3v) is 5.00. The van der Waals surface area contributed by atoms with Gasteiger partial charge in [0.2, 0.25) is 0 Å². The fraction of sp³-hybridized carbons (Fsp3) is 0.133. The second kappa shape index (κ2) is 5.42. The number of hydrogen-bond acceptors (Lipinski definition) is 4. The maximum absolute atomic E-state index is 5.81. The molecule has 5 heteroatoms. The van der Waals surface area contributed by atoms with Crippen molar-refractivity contribution in [2.24, 2.45) is 0 Å². The van der Waals surface area contributed by atoms with E-state index in [1.807, 2.05) is 30.3 Å². The van der Waals surface area contributed by atoms with Crippen molar-refractivity contribution in [3.05, 3.63) is 52.5 Å². The quantitative estimate of drug-likeness (QED) is 0.719. The molecule has 0 aliphatic carbocycles. The average Bonchev–Trinajstić information content (AvgIpc) is 2.84. The number of nitrogens with zero attached hydrogens (tertiary/aromatic N) is 2. The number of halogens is 1. The third-order valence-electron chi connectivity index (χ3n) is 3.09. The summed E-state index contributed by atoms with van der Waals surface area (Å²) in [5.74, 6) is 0. The molecule has 3 nitrogen and oxygen atoms in total. The molecule has 0 bridgehead atoms. The summed E-state index contributed by atoms with van der Waals surface area (Å²) in [5.41, 5.74) is 8.83. The average molecular weight is 348 g/mol. The SMILES string of the molecule is CN(Cc1ccccc1Br)c1nc2ccc(N)cc2s1. The minimum Gasteiger partial charge on any atom is -0.399 e. The number of thiazole rings is 1. The molecule has 1 aromatic heterocycles. The van der Waals surface area contributed by atoms with Crippen molar-refractivity contribution in [3.8, 4) is 0 Å². The third kappa shape index (κ3) is 2.64. The van der Waals surface area contributed by atoms with E-state index in [1.54, 1.807) is 11.3 Å². The highest BCUT2D eigenvalue weighted by atomic mass is 79.9. The Morgan fingerprint density at radius 2 is 2.05 bits per heavy atom. The smallest absolute Gasteiger partial charge is 0.186 e. The first-order valence-electron chi connectivity index (χ1n) is 6.24. The fourth-order valence-electron chi connectivity index (χ4n) is 2.04. The lowest BCUT2D eigenvalue weighted by Gasteiger charge is -2.16. The Balaban J connectivity index is 1.89. The summed E-state index contributed by atoms with van der Waals surface area (Å²) in [4.78, 5) is 6.81. The zero-order valence-corrected chi connectivity index (χ0v) is 13.4. The molecular weight excluding hydrogens is 334 g/mol. The van der Waals surface area contributed by atoms with Gasteiger partial charge in [0.25, 0.3) is 0 Å². The Hall–Kier alpha value is -1.59. The Morgan fingerprint density at radius 3 is 2.85 bits per heavy atom. The van der Waals surface area contributed by atoms with Crippen molar-refractivity contribution >= 4 is 48.3 Å². The van der Waals surface area contributed by atoms with Crippen LogP contribution in [0.4, 0.5) is 10.8 Å². The van der Waals surface area contributed by atoms with Gasteiger partial charge in [0.1, 0.15) is 0 Å². The van der Waals surface area contributed by atoms with Gasteiger partial charge < -0.3 is 10.6 Å². The van der Waals surface area contributed by atoms with E-state index < -0.39 is 0 Å². The molecule has 0 saturated heterocycles. The molecule has 0 amide bonds. The summed E-state index contributed by atoms with van der Waals surface area (Å²) >= 11 is 5.25. The van der Waals surface area contributed by atoms with Gasteiger partial charge in [-0.2, -0.15) is 0 Å². The summed E-state index contributed by atoms with van der Waals surface area (Å²) in [6.45, 7) is 0.816. The van der Waals surface area contributed by atoms with Gasteiger partial charge in [-0.1, -0.05) is 45.5 Å². The van der Waals surface area contributed by atoms with Crippen molar-refractivity contribution < 1.29 is 0 Å². The molecule has 0 radical (unpaired) electrons. The maximum atomic E-state index is 5.81. The minimum absolute atomic E-state index is 0.779. The van der Waals surface area contributed by atoms with Crippen LogP contribution in [0.15, 0.2) is 46.9 Å². The molecule has 0 unspecified atom stereocenters. The Bertz CT molecular complexity index is 754. The van der Waals surface area contributed by atoms with Crippen molar-refractivity contribution in [1.29, 1.82) is 0 Å². The van der Waals surface area contributed by atoms with Crippen LogP contribution in [0, 0.1) is 0 Å². The molecule has 0 saturated carbocycles. The van der Waals surface area contributed by atoms with Gasteiger partial charge >= 0.3 is 0 Å². The Kier molecular flexibility index (Phi) is 3.63. The van der Waals surface area contributed by atoms with Gasteiger partial charge in [0.15, 0.2) is 5.13 Å². The van der Waals surface area contributed by atoms with Crippen LogP contribution in [-0.2, 0) is 6.54 Å². The van der Waals surface area contributed by atoms with E-state index in [-0.39, 0.29) is 0 Å². The van der Waals surface area contributed by atoms with Crippen molar-refractivity contribution in [1.82, 2.24) is 4.98 Å². The number of hydrogen-bond donors (Lipinski definition) is 1. The van der Waals surface area contributed by atoms with Crippen molar-refractivity contribution in [3.63, 3.8) is 0 Å². The Morgan fingerprint density at radius 1 is 1.25 bits per heavy atom. The van der Waals surface area contributed by atoms with Gasteiger partial charge in [0, 0.05) is 23.8 Å². The summed E-state index contributed by atoms with van der Waals surface area (Å²) in [6, 6.07) is 14.1. The summed E-state index contributed by atoms with van der Waals surface area (Å²) in [6.07, 6.45) is 0. The number of nitrogen functional groups attached to an aromatic ring is 1. The van der Waals surface area contributed by atoms with Crippen LogP contribution >= 0.6 is 27.3 Å². The lowest BCUT2D eigenvalue weighted by atomic mass is 10.2. The van der Waals surface area contributed by atoms with E-state index in [0.29, 0.717) is 0 Å². The standard InChI is InChI=1S/C15H14BrN3S/c1-19(9-10-4-2-3-5-12(10)16)15-18-13-7-6-11(17)8-14(13)20-15/h2-8H,9,17H2,1H3. The molecule has 0 atom stereocenters. The highest BCUT2D eigenvalue weighted by molar-refractivity contribution is 9.10. The highest BCUT2D eigenvalue weighted by Gasteiger charge is 2.10. The summed E-state index contributed by atoms with van der Waals surface area (Å²) in [5, 5.41) is 1.00. The second-order valence-corrected chi connectivity index (χ2v) is 6.53. The topological polar surface area (TPSA) is 42.2 Å². The van der Waals surface area contributed by atoms with Crippen LogP contribution in [0.2, 0.25) is 0 Å². The first-order chi connectivity index (χ1) is 9.63. The largest absolute Gasteiger partial charge is 0.399 e. The van der Waals surface area contributed by atoms with Gasteiger partial charge in [-0.25, -0.2) is 4.98 Å². The zero-order valence-electron chi connectivity index (χ0n) is 11.0. The van der Waals surface area contributed by atoms with Crippen LogP contribution in [0.25, 0.3) is 10.2 Å². The molecule has 0 aliphatic heterocycles. The second-order valence-electron chi connectivity index (χ2n) is 4.67. The van der Waals surface area contributed by atoms with Crippen molar-refractivity contribution in [2.45, 2.75) is 6.54 Å². The number of anilines is 2. The van der Waals surface area contributed by atoms with Crippen molar-refractivity contribution in [2.75, 3.05) is 17.7 Å². The van der Waals surface area contributed by atoms with E-state index in [9.17, 15) is 0 Å². The lowest BCUT2D eigenvalue weighted by Crippen LogP contribution is -2.16. The molecule has 102 valence electrons. The predicted molar refractivity (Wildman–Crippen MR) is 90.3 cm³/mol. The van der Waals surface area contributed by atoms with Crippen LogP contribution in [0.1, 0.15) is 5.56 Å². The normalized spacial score (nSPS) is 10.9. The number of aromatic nitrogens is 1. The maximum Gasteiger partial charge on any atom is 0.186 e. The van der Waals surface area contributed by atoms with Gasteiger partial charge in [-0.05, 0) is 29.8 Å². The Labute approximate surface area is 130 Å². The number of nitrogens with two attached hydrogens (primary N) is 1. The van der Waals surface area contributed by atoms with Crippen LogP contribution in [-0.4, -0.2) is 12.0 Å². The van der Waals surface area contributed by atoms with Crippen LogP contribution in [0.3, 0.4) is 0 Å². The molecule has 3 rings (SSSR count). The number of fused-ring (bicyclic) bond motifs is 1. The van der Waals surface area contributed by atoms with E-state index in [1.165, 1.54) is 5.56 Å². The van der Waals surface area contributed by atoms with Crippen LogP contribution < -0.4 is 10.6 Å². The number of benzene rings is 2. The van der Waals surface area contributed by atoms with E-state index in [4.69, 9.17) is 5.73 Å². The fourth-order valence-corrected chi connectivity index (χ4v) is 3.43. The molecule has 1 heterocycles. The first-order valence-corrected chi connectivity index (χ1v) is 7.85. The van der Waals surface area contributed by atoms with E-state index in [0.717, 1.165) is 32.1 Å². The monoisotopic (exact) mass is 347 g/mol. The molecule has 0 aliphatic rings. The van der Waals surface area contributed by atoms with E-state index in [2.05, 4.69) is 45.0 Å². The summed E-state index contributed by atoms with van der Waals surface area (Å²) in [7, 11) is 2.06. The predicted octanol–water partition coefficient (Wildman–Crippen LogP) is 4.28. The van der Waals surface area contributed by atoms with Gasteiger partial charge in [-0.3, -0.25) is 0 Å². The van der Waals surface area contributed by atoms with E-state index >= 15 is 0 Å². The van der Waals surface area contributed by atoms with Gasteiger partial charge in [-0.15, -0.1) is 0 Å². The molecule has 0 spiro atoms. The molecule has 2 N–H and O–H groups in total. The number of rotatable bonds is 3. The minimum atomic E-state index is 0.779. The molecular formula is C15H14BrN3S. The first kappa shape index (κ1) is 13.4. The zero-order chi connectivity index (χ0) is 14.1. The van der Waals surface area contributed by atoms with Crippen LogP contribution in [0.5, 0.6) is 0 Å². The molecule has 20 heavy (non-hydrogen) atoms. The molecule has 0 fully saturated rings. The lowest BCUT2D eigenvalue weighted by molar-refractivity contribution is 0.913. The summed E-state index contributed by atoms with van der Waals surface area (Å²) < 4.78 is 2.25. The van der Waals surface area contributed by atoms with Gasteiger partial charge in [0.05, 0.1) is 10.2 Å².